The molecule has 0 radical (unpaired) electrons. The van der Waals surface area contributed by atoms with Crippen LogP contribution in [0.3, 0.4) is 0 Å². The van der Waals surface area contributed by atoms with Gasteiger partial charge in [0.1, 0.15) is 0 Å². The maximum atomic E-state index is 8.77. The van der Waals surface area contributed by atoms with Crippen LogP contribution in [0.25, 0.3) is 11.5 Å². The maximum absolute atomic E-state index is 8.77. The van der Waals surface area contributed by atoms with E-state index in [1.54, 1.807) is 31.2 Å². The molecular formula is C11H10N4O. The molecule has 2 rings (SSSR count). The minimum absolute atomic E-state index is 0.291. The Morgan fingerprint density at radius 1 is 1.44 bits per heavy atom. The summed E-state index contributed by atoms with van der Waals surface area (Å²) in [6.45, 7) is 1.77. The Balaban J connectivity index is 2.39. The molecule has 0 aliphatic rings. The molecule has 0 fully saturated rings. The van der Waals surface area contributed by atoms with Crippen LogP contribution >= 0.6 is 0 Å². The van der Waals surface area contributed by atoms with E-state index in [1.807, 2.05) is 0 Å². The van der Waals surface area contributed by atoms with Crippen molar-refractivity contribution in [3.05, 3.63) is 35.7 Å². The van der Waals surface area contributed by atoms with E-state index in [0.29, 0.717) is 17.3 Å². The molecule has 2 N–H and O–H groups in total. The van der Waals surface area contributed by atoms with E-state index < -0.39 is 0 Å². The molecule has 0 saturated heterocycles. The molecule has 0 aliphatic heterocycles. The van der Waals surface area contributed by atoms with Crippen LogP contribution in [-0.2, 0) is 0 Å². The summed E-state index contributed by atoms with van der Waals surface area (Å²) in [5.74, 6) is 0.766. The van der Waals surface area contributed by atoms with Crippen molar-refractivity contribution in [2.45, 2.75) is 13.0 Å². The van der Waals surface area contributed by atoms with Gasteiger partial charge in [-0.15, -0.1) is 10.2 Å². The van der Waals surface area contributed by atoms with E-state index in [2.05, 4.69) is 16.3 Å². The summed E-state index contributed by atoms with van der Waals surface area (Å²) in [5, 5.41) is 16.5. The van der Waals surface area contributed by atoms with Crippen LogP contribution in [0.4, 0.5) is 0 Å². The maximum Gasteiger partial charge on any atom is 0.247 e. The third-order valence-corrected chi connectivity index (χ3v) is 2.07. The zero-order valence-corrected chi connectivity index (χ0v) is 8.71. The monoisotopic (exact) mass is 214 g/mol. The topological polar surface area (TPSA) is 88.7 Å². The number of hydrogen-bond acceptors (Lipinski definition) is 5. The van der Waals surface area contributed by atoms with Crippen LogP contribution in [-0.4, -0.2) is 10.2 Å². The molecule has 1 heterocycles. The number of rotatable bonds is 2. The van der Waals surface area contributed by atoms with E-state index in [0.717, 1.165) is 5.56 Å². The summed E-state index contributed by atoms with van der Waals surface area (Å²) < 4.78 is 5.37. The van der Waals surface area contributed by atoms with Crippen molar-refractivity contribution in [1.29, 1.82) is 5.26 Å². The Labute approximate surface area is 92.5 Å². The normalized spacial score (nSPS) is 12.1. The van der Waals surface area contributed by atoms with Crippen LogP contribution in [0, 0.1) is 11.3 Å². The van der Waals surface area contributed by atoms with Gasteiger partial charge in [-0.25, -0.2) is 0 Å². The average Bonchev–Trinajstić information content (AvgIpc) is 2.78. The van der Waals surface area contributed by atoms with Gasteiger partial charge in [0.05, 0.1) is 17.7 Å². The summed E-state index contributed by atoms with van der Waals surface area (Å²) in [7, 11) is 0. The highest BCUT2D eigenvalue weighted by Gasteiger charge is 2.11. The lowest BCUT2D eigenvalue weighted by molar-refractivity contribution is 0.473. The van der Waals surface area contributed by atoms with Crippen molar-refractivity contribution < 1.29 is 4.42 Å². The number of hydrogen-bond donors (Lipinski definition) is 1. The standard InChI is InChI=1S/C11H10N4O/c1-7(13)10-14-15-11(16-10)9-4-2-3-8(5-9)6-12/h2-5,7H,13H2,1H3. The molecule has 2 aromatic rings. The lowest BCUT2D eigenvalue weighted by atomic mass is 10.1. The number of aromatic nitrogens is 2. The fourth-order valence-electron chi connectivity index (χ4n) is 1.26. The highest BCUT2D eigenvalue weighted by atomic mass is 16.4. The van der Waals surface area contributed by atoms with Gasteiger partial charge in [-0.1, -0.05) is 6.07 Å². The van der Waals surface area contributed by atoms with Crippen LogP contribution in [0.15, 0.2) is 28.7 Å². The van der Waals surface area contributed by atoms with Gasteiger partial charge in [-0.3, -0.25) is 0 Å². The van der Waals surface area contributed by atoms with Gasteiger partial charge in [0, 0.05) is 5.56 Å². The first kappa shape index (κ1) is 10.3. The van der Waals surface area contributed by atoms with Crippen molar-refractivity contribution in [2.75, 3.05) is 0 Å². The van der Waals surface area contributed by atoms with Crippen LogP contribution in [0.1, 0.15) is 24.4 Å². The van der Waals surface area contributed by atoms with Crippen LogP contribution in [0.2, 0.25) is 0 Å². The molecule has 0 amide bonds. The Bertz CT molecular complexity index is 539. The first-order valence-electron chi connectivity index (χ1n) is 4.80. The first-order chi connectivity index (χ1) is 7.70. The summed E-state index contributed by atoms with van der Waals surface area (Å²) in [6.07, 6.45) is 0. The lowest BCUT2D eigenvalue weighted by Gasteiger charge is -1.96. The largest absolute Gasteiger partial charge is 0.419 e. The molecular weight excluding hydrogens is 204 g/mol. The predicted octanol–water partition coefficient (Wildman–Crippen LogP) is 1.63. The highest BCUT2D eigenvalue weighted by Crippen LogP contribution is 2.20. The van der Waals surface area contributed by atoms with Crippen molar-refractivity contribution in [1.82, 2.24) is 10.2 Å². The fourth-order valence-corrected chi connectivity index (χ4v) is 1.26. The molecule has 1 aromatic carbocycles. The van der Waals surface area contributed by atoms with E-state index in [1.165, 1.54) is 0 Å². The molecule has 1 unspecified atom stereocenters. The molecule has 5 nitrogen and oxygen atoms in total. The van der Waals surface area contributed by atoms with E-state index in [9.17, 15) is 0 Å². The molecule has 80 valence electrons. The summed E-state index contributed by atoms with van der Waals surface area (Å²) in [4.78, 5) is 0. The number of benzene rings is 1. The number of nitrogens with two attached hydrogens (primary N) is 1. The quantitative estimate of drug-likeness (QED) is 0.820. The van der Waals surface area contributed by atoms with Crippen LogP contribution < -0.4 is 5.73 Å². The second-order valence-corrected chi connectivity index (χ2v) is 3.43. The molecule has 0 bridgehead atoms. The first-order valence-corrected chi connectivity index (χ1v) is 4.80. The molecule has 0 aliphatic carbocycles. The number of nitriles is 1. The second-order valence-electron chi connectivity index (χ2n) is 3.43. The third kappa shape index (κ3) is 1.92. The van der Waals surface area contributed by atoms with Crippen molar-refractivity contribution >= 4 is 0 Å². The molecule has 0 saturated carbocycles. The third-order valence-electron chi connectivity index (χ3n) is 2.07. The molecule has 0 spiro atoms. The zero-order chi connectivity index (χ0) is 11.5. The van der Waals surface area contributed by atoms with Gasteiger partial charge in [0.25, 0.3) is 0 Å². The molecule has 16 heavy (non-hydrogen) atoms. The van der Waals surface area contributed by atoms with Crippen molar-refractivity contribution in [3.63, 3.8) is 0 Å². The van der Waals surface area contributed by atoms with Crippen molar-refractivity contribution in [2.24, 2.45) is 5.73 Å². The van der Waals surface area contributed by atoms with Gasteiger partial charge in [0.2, 0.25) is 11.8 Å². The Kier molecular flexibility index (Phi) is 2.66. The summed E-state index contributed by atoms with van der Waals surface area (Å²) in [6, 6.07) is 8.74. The van der Waals surface area contributed by atoms with Crippen molar-refractivity contribution in [3.8, 4) is 17.5 Å². The lowest BCUT2D eigenvalue weighted by Crippen LogP contribution is -2.04. The molecule has 1 atom stereocenters. The molecule has 5 heteroatoms. The minimum Gasteiger partial charge on any atom is -0.419 e. The van der Waals surface area contributed by atoms with Gasteiger partial charge in [-0.05, 0) is 25.1 Å². The van der Waals surface area contributed by atoms with Gasteiger partial charge in [-0.2, -0.15) is 5.26 Å². The Morgan fingerprint density at radius 3 is 2.88 bits per heavy atom. The average molecular weight is 214 g/mol. The van der Waals surface area contributed by atoms with Gasteiger partial charge in [0.15, 0.2) is 0 Å². The fraction of sp³-hybridized carbons (Fsp3) is 0.182. The van der Waals surface area contributed by atoms with E-state index >= 15 is 0 Å². The summed E-state index contributed by atoms with van der Waals surface area (Å²) in [5.41, 5.74) is 6.89. The zero-order valence-electron chi connectivity index (χ0n) is 8.71. The summed E-state index contributed by atoms with van der Waals surface area (Å²) >= 11 is 0. The Morgan fingerprint density at radius 2 is 2.25 bits per heavy atom. The molecule has 1 aromatic heterocycles. The Hall–Kier alpha value is -2.19. The van der Waals surface area contributed by atoms with E-state index in [4.69, 9.17) is 15.4 Å². The van der Waals surface area contributed by atoms with Crippen LogP contribution in [0.5, 0.6) is 0 Å². The SMILES string of the molecule is CC(N)c1nnc(-c2cccc(C#N)c2)o1. The number of nitrogens with zero attached hydrogens (tertiary/aromatic N) is 3. The van der Waals surface area contributed by atoms with E-state index in [-0.39, 0.29) is 6.04 Å². The smallest absolute Gasteiger partial charge is 0.247 e. The minimum atomic E-state index is -0.291. The second kappa shape index (κ2) is 4.13. The van der Waals surface area contributed by atoms with Gasteiger partial charge < -0.3 is 10.2 Å². The van der Waals surface area contributed by atoms with Gasteiger partial charge >= 0.3 is 0 Å². The highest BCUT2D eigenvalue weighted by molar-refractivity contribution is 5.55. The predicted molar refractivity (Wildman–Crippen MR) is 57.1 cm³/mol.